The molecule has 5 nitrogen and oxygen atoms in total. The van der Waals surface area contributed by atoms with Gasteiger partial charge in [-0.15, -0.1) is 0 Å². The van der Waals surface area contributed by atoms with E-state index in [-0.39, 0.29) is 5.56 Å². The van der Waals surface area contributed by atoms with Gasteiger partial charge in [0.05, 0.1) is 11.9 Å². The molecule has 0 N–H and O–H groups in total. The van der Waals surface area contributed by atoms with E-state index in [4.69, 9.17) is 11.6 Å². The van der Waals surface area contributed by atoms with E-state index in [1.54, 1.807) is 13.2 Å². The van der Waals surface area contributed by atoms with E-state index in [1.165, 1.54) is 10.2 Å². The Bertz CT molecular complexity index is 756. The summed E-state index contributed by atoms with van der Waals surface area (Å²) in [5.41, 5.74) is 1.99. The number of rotatable bonds is 3. The van der Waals surface area contributed by atoms with Gasteiger partial charge >= 0.3 is 0 Å². The summed E-state index contributed by atoms with van der Waals surface area (Å²) in [6.45, 7) is 4.51. The van der Waals surface area contributed by atoms with Gasteiger partial charge in [0.2, 0.25) is 0 Å². The van der Waals surface area contributed by atoms with Crippen LogP contribution in [0.4, 0.5) is 5.69 Å². The van der Waals surface area contributed by atoms with Gasteiger partial charge in [-0.25, -0.2) is 4.68 Å². The van der Waals surface area contributed by atoms with Crippen LogP contribution >= 0.6 is 27.5 Å². The molecular formula is C16H18BrClN4O. The normalized spacial score (nSPS) is 15.9. The molecule has 23 heavy (non-hydrogen) atoms. The predicted molar refractivity (Wildman–Crippen MR) is 96.1 cm³/mol. The first-order valence-corrected chi connectivity index (χ1v) is 8.65. The fourth-order valence-corrected chi connectivity index (χ4v) is 3.59. The average molecular weight is 398 g/mol. The summed E-state index contributed by atoms with van der Waals surface area (Å²) >= 11 is 9.44. The zero-order valence-corrected chi connectivity index (χ0v) is 15.2. The van der Waals surface area contributed by atoms with Gasteiger partial charge in [0.15, 0.2) is 0 Å². The number of halogens is 2. The second kappa shape index (κ2) is 7.03. The van der Waals surface area contributed by atoms with Gasteiger partial charge in [-0.05, 0) is 33.6 Å². The SMILES string of the molecule is Cn1ncc(N2CCN(Cc3cccc(Cl)c3)CC2)c(Br)c1=O. The van der Waals surface area contributed by atoms with Crippen molar-refractivity contribution in [1.29, 1.82) is 0 Å². The van der Waals surface area contributed by atoms with Crippen molar-refractivity contribution in [2.24, 2.45) is 7.05 Å². The topological polar surface area (TPSA) is 41.4 Å². The second-order valence-electron chi connectivity index (χ2n) is 5.67. The molecule has 0 aliphatic carbocycles. The number of piperazine rings is 1. The number of aryl methyl sites for hydroxylation is 1. The number of anilines is 1. The van der Waals surface area contributed by atoms with Crippen molar-refractivity contribution < 1.29 is 0 Å². The zero-order valence-electron chi connectivity index (χ0n) is 12.9. The molecule has 1 aliphatic rings. The highest BCUT2D eigenvalue weighted by atomic mass is 79.9. The van der Waals surface area contributed by atoms with Gasteiger partial charge < -0.3 is 4.90 Å². The van der Waals surface area contributed by atoms with E-state index in [9.17, 15) is 4.79 Å². The summed E-state index contributed by atoms with van der Waals surface area (Å²) in [5, 5.41) is 4.89. The van der Waals surface area contributed by atoms with Crippen LogP contribution in [0.5, 0.6) is 0 Å². The highest BCUT2D eigenvalue weighted by Gasteiger charge is 2.20. The quantitative estimate of drug-likeness (QED) is 0.798. The Labute approximate surface area is 148 Å². The minimum Gasteiger partial charge on any atom is -0.367 e. The minimum atomic E-state index is -0.108. The Hall–Kier alpha value is -1.37. The first kappa shape index (κ1) is 16.5. The van der Waals surface area contributed by atoms with Crippen molar-refractivity contribution in [3.63, 3.8) is 0 Å². The lowest BCUT2D eigenvalue weighted by atomic mass is 10.2. The van der Waals surface area contributed by atoms with E-state index in [2.05, 4.69) is 36.9 Å². The molecule has 7 heteroatoms. The molecule has 1 fully saturated rings. The number of nitrogens with zero attached hydrogens (tertiary/aromatic N) is 4. The van der Waals surface area contributed by atoms with Gasteiger partial charge in [-0.3, -0.25) is 9.69 Å². The number of aromatic nitrogens is 2. The molecule has 0 radical (unpaired) electrons. The lowest BCUT2D eigenvalue weighted by Gasteiger charge is -2.36. The Morgan fingerprint density at radius 3 is 2.70 bits per heavy atom. The van der Waals surface area contributed by atoms with Crippen molar-refractivity contribution in [2.75, 3.05) is 31.1 Å². The molecule has 1 aromatic heterocycles. The number of hydrogen-bond acceptors (Lipinski definition) is 4. The van der Waals surface area contributed by atoms with Crippen LogP contribution in [-0.2, 0) is 13.6 Å². The Morgan fingerprint density at radius 2 is 2.00 bits per heavy atom. The molecule has 0 amide bonds. The second-order valence-corrected chi connectivity index (χ2v) is 6.90. The van der Waals surface area contributed by atoms with Crippen molar-refractivity contribution in [3.05, 3.63) is 55.9 Å². The molecule has 0 bridgehead atoms. The van der Waals surface area contributed by atoms with E-state index in [1.807, 2.05) is 18.2 Å². The summed E-state index contributed by atoms with van der Waals surface area (Å²) < 4.78 is 1.92. The molecule has 0 atom stereocenters. The molecule has 1 saturated heterocycles. The van der Waals surface area contributed by atoms with Crippen molar-refractivity contribution in [3.8, 4) is 0 Å². The molecule has 1 aromatic carbocycles. The molecule has 122 valence electrons. The van der Waals surface area contributed by atoms with Gasteiger partial charge in [0, 0.05) is 44.8 Å². The number of benzene rings is 1. The van der Waals surface area contributed by atoms with Crippen LogP contribution in [0.3, 0.4) is 0 Å². The molecule has 2 heterocycles. The molecule has 0 spiro atoms. The third-order valence-corrected chi connectivity index (χ3v) is 5.05. The van der Waals surface area contributed by atoms with Gasteiger partial charge in [0.25, 0.3) is 5.56 Å². The summed E-state index contributed by atoms with van der Waals surface area (Å²) in [6, 6.07) is 7.98. The van der Waals surface area contributed by atoms with E-state index < -0.39 is 0 Å². The van der Waals surface area contributed by atoms with Crippen LogP contribution in [0.15, 0.2) is 39.7 Å². The van der Waals surface area contributed by atoms with Crippen LogP contribution < -0.4 is 10.5 Å². The summed E-state index contributed by atoms with van der Waals surface area (Å²) in [7, 11) is 1.65. The fraction of sp³-hybridized carbons (Fsp3) is 0.375. The highest BCUT2D eigenvalue weighted by molar-refractivity contribution is 9.10. The Kier molecular flexibility index (Phi) is 5.04. The number of hydrogen-bond donors (Lipinski definition) is 0. The maximum absolute atomic E-state index is 12.0. The molecule has 1 aliphatic heterocycles. The predicted octanol–water partition coefficient (Wildman–Crippen LogP) is 2.52. The monoisotopic (exact) mass is 396 g/mol. The van der Waals surface area contributed by atoms with Gasteiger partial charge in [-0.2, -0.15) is 5.10 Å². The van der Waals surface area contributed by atoms with Crippen LogP contribution in [0.25, 0.3) is 0 Å². The Morgan fingerprint density at radius 1 is 1.26 bits per heavy atom. The minimum absolute atomic E-state index is 0.108. The van der Waals surface area contributed by atoms with Crippen LogP contribution in [0.2, 0.25) is 5.02 Å². The van der Waals surface area contributed by atoms with Crippen LogP contribution in [0, 0.1) is 0 Å². The molecule has 0 unspecified atom stereocenters. The zero-order chi connectivity index (χ0) is 16.4. The lowest BCUT2D eigenvalue weighted by Crippen LogP contribution is -2.46. The third kappa shape index (κ3) is 3.76. The largest absolute Gasteiger partial charge is 0.367 e. The third-order valence-electron chi connectivity index (χ3n) is 4.07. The smallest absolute Gasteiger partial charge is 0.282 e. The maximum Gasteiger partial charge on any atom is 0.282 e. The summed E-state index contributed by atoms with van der Waals surface area (Å²) in [4.78, 5) is 16.6. The summed E-state index contributed by atoms with van der Waals surface area (Å²) in [6.07, 6.45) is 1.75. The first-order chi connectivity index (χ1) is 11.0. The van der Waals surface area contributed by atoms with E-state index in [0.29, 0.717) is 4.47 Å². The molecule has 3 rings (SSSR count). The maximum atomic E-state index is 12.0. The van der Waals surface area contributed by atoms with Gasteiger partial charge in [-0.1, -0.05) is 23.7 Å². The van der Waals surface area contributed by atoms with Crippen molar-refractivity contribution in [2.45, 2.75) is 6.54 Å². The molecule has 0 saturated carbocycles. The average Bonchev–Trinajstić information content (AvgIpc) is 2.54. The highest BCUT2D eigenvalue weighted by Crippen LogP contribution is 2.23. The Balaban J connectivity index is 1.65. The fourth-order valence-electron chi connectivity index (χ4n) is 2.76. The van der Waals surface area contributed by atoms with E-state index in [0.717, 1.165) is 43.4 Å². The molecule has 2 aromatic rings. The first-order valence-electron chi connectivity index (χ1n) is 7.48. The van der Waals surface area contributed by atoms with Gasteiger partial charge in [0.1, 0.15) is 4.47 Å². The van der Waals surface area contributed by atoms with E-state index >= 15 is 0 Å². The van der Waals surface area contributed by atoms with Crippen molar-refractivity contribution in [1.82, 2.24) is 14.7 Å². The standard InChI is InChI=1S/C16H18BrClN4O/c1-20-16(23)15(17)14(10-19-20)22-7-5-21(6-8-22)11-12-3-2-4-13(18)9-12/h2-4,9-10H,5-8,11H2,1H3. The molecular weight excluding hydrogens is 380 g/mol. The van der Waals surface area contributed by atoms with Crippen LogP contribution in [0.1, 0.15) is 5.56 Å². The lowest BCUT2D eigenvalue weighted by molar-refractivity contribution is 0.249. The van der Waals surface area contributed by atoms with Crippen LogP contribution in [-0.4, -0.2) is 40.9 Å². The summed E-state index contributed by atoms with van der Waals surface area (Å²) in [5.74, 6) is 0. The van der Waals surface area contributed by atoms with Crippen molar-refractivity contribution >= 4 is 33.2 Å².